The molecule has 0 saturated heterocycles. The van der Waals surface area contributed by atoms with Gasteiger partial charge in [0.15, 0.2) is 0 Å². The fourth-order valence-corrected chi connectivity index (χ4v) is 4.19. The SMILES string of the molecule is CCC(=O)N1[C@H](c2ccccc2OC)c2[nH]c3ccccc3c2C[C@@H]1C(=O)O. The number of rotatable bonds is 4. The van der Waals surface area contributed by atoms with E-state index >= 15 is 0 Å². The fourth-order valence-electron chi connectivity index (χ4n) is 4.19. The van der Waals surface area contributed by atoms with Gasteiger partial charge in [0.25, 0.3) is 0 Å². The summed E-state index contributed by atoms with van der Waals surface area (Å²) in [5.74, 6) is -0.581. The van der Waals surface area contributed by atoms with E-state index in [1.807, 2.05) is 48.5 Å². The normalized spacial score (nSPS) is 18.7. The summed E-state index contributed by atoms with van der Waals surface area (Å²) in [6.07, 6.45) is 0.497. The molecule has 0 unspecified atom stereocenters. The molecule has 2 atom stereocenters. The number of ether oxygens (including phenoxy) is 1. The standard InChI is InChI=1S/C22H22N2O4/c1-3-19(25)24-17(22(26)27)12-15-13-8-4-6-10-16(13)23-20(15)21(24)14-9-5-7-11-18(14)28-2/h4-11,17,21,23H,3,12H2,1-2H3,(H,26,27)/t17-,21-/m1/s1. The quantitative estimate of drug-likeness (QED) is 0.728. The molecule has 4 rings (SSSR count). The topological polar surface area (TPSA) is 82.6 Å². The number of hydrogen-bond donors (Lipinski definition) is 2. The highest BCUT2D eigenvalue weighted by molar-refractivity contribution is 5.90. The van der Waals surface area contributed by atoms with Gasteiger partial charge in [-0.25, -0.2) is 4.79 Å². The summed E-state index contributed by atoms with van der Waals surface area (Å²) in [5.41, 5.74) is 3.50. The molecule has 1 amide bonds. The van der Waals surface area contributed by atoms with E-state index in [-0.39, 0.29) is 18.7 Å². The molecule has 3 aromatic rings. The van der Waals surface area contributed by atoms with Crippen molar-refractivity contribution in [1.82, 2.24) is 9.88 Å². The lowest BCUT2D eigenvalue weighted by Gasteiger charge is -2.40. The van der Waals surface area contributed by atoms with Gasteiger partial charge in [0.1, 0.15) is 17.8 Å². The smallest absolute Gasteiger partial charge is 0.326 e. The van der Waals surface area contributed by atoms with E-state index in [1.165, 1.54) is 4.90 Å². The van der Waals surface area contributed by atoms with Gasteiger partial charge in [-0.1, -0.05) is 43.3 Å². The van der Waals surface area contributed by atoms with E-state index < -0.39 is 18.1 Å². The Balaban J connectivity index is 2.02. The molecule has 0 spiro atoms. The molecule has 1 aliphatic heterocycles. The number of nitrogens with one attached hydrogen (secondary N) is 1. The second-order valence-corrected chi connectivity index (χ2v) is 6.92. The minimum atomic E-state index is -1.00. The van der Waals surface area contributed by atoms with E-state index in [9.17, 15) is 14.7 Å². The van der Waals surface area contributed by atoms with Crippen LogP contribution in [0.25, 0.3) is 10.9 Å². The number of aromatic nitrogens is 1. The number of carboxylic acid groups (broad SMARTS) is 1. The maximum absolute atomic E-state index is 12.9. The van der Waals surface area contributed by atoms with Crippen molar-refractivity contribution in [3.05, 3.63) is 65.4 Å². The minimum Gasteiger partial charge on any atom is -0.496 e. The zero-order valence-corrected chi connectivity index (χ0v) is 15.8. The van der Waals surface area contributed by atoms with Crippen LogP contribution in [0.4, 0.5) is 0 Å². The van der Waals surface area contributed by atoms with E-state index in [2.05, 4.69) is 4.98 Å². The Morgan fingerprint density at radius 2 is 1.89 bits per heavy atom. The lowest BCUT2D eigenvalue weighted by Crippen LogP contribution is -2.51. The molecule has 0 fully saturated rings. The number of hydrogen-bond acceptors (Lipinski definition) is 3. The van der Waals surface area contributed by atoms with Crippen LogP contribution in [-0.2, 0) is 16.0 Å². The molecule has 2 N–H and O–H groups in total. The highest BCUT2D eigenvalue weighted by Gasteiger charge is 2.43. The van der Waals surface area contributed by atoms with Gasteiger partial charge in [-0.15, -0.1) is 0 Å². The first-order chi connectivity index (χ1) is 13.6. The molecule has 28 heavy (non-hydrogen) atoms. The number of aromatic amines is 1. The van der Waals surface area contributed by atoms with Crippen LogP contribution in [0.1, 0.15) is 36.2 Å². The summed E-state index contributed by atoms with van der Waals surface area (Å²) >= 11 is 0. The third kappa shape index (κ3) is 2.72. The number of amides is 1. The predicted octanol–water partition coefficient (Wildman–Crippen LogP) is 3.51. The highest BCUT2D eigenvalue weighted by atomic mass is 16.5. The van der Waals surface area contributed by atoms with Crippen LogP contribution in [-0.4, -0.2) is 40.0 Å². The van der Waals surface area contributed by atoms with Crippen LogP contribution in [0.3, 0.4) is 0 Å². The minimum absolute atomic E-state index is 0.201. The van der Waals surface area contributed by atoms with Crippen molar-refractivity contribution in [1.29, 1.82) is 0 Å². The lowest BCUT2D eigenvalue weighted by atomic mass is 9.87. The second kappa shape index (κ2) is 7.03. The summed E-state index contributed by atoms with van der Waals surface area (Å²) in [4.78, 5) is 30.0. The number of H-pyrrole nitrogens is 1. The molecule has 2 aromatic carbocycles. The third-order valence-electron chi connectivity index (χ3n) is 5.44. The third-order valence-corrected chi connectivity index (χ3v) is 5.44. The van der Waals surface area contributed by atoms with E-state index in [0.717, 1.165) is 27.7 Å². The molecule has 144 valence electrons. The van der Waals surface area contributed by atoms with Crippen LogP contribution >= 0.6 is 0 Å². The van der Waals surface area contributed by atoms with E-state index in [0.29, 0.717) is 5.75 Å². The number of methoxy groups -OCH3 is 1. The Morgan fingerprint density at radius 3 is 2.61 bits per heavy atom. The van der Waals surface area contributed by atoms with Crippen LogP contribution in [0, 0.1) is 0 Å². The summed E-state index contributed by atoms with van der Waals surface area (Å²) in [6.45, 7) is 1.75. The average Bonchev–Trinajstić information content (AvgIpc) is 3.10. The predicted molar refractivity (Wildman–Crippen MR) is 105 cm³/mol. The number of nitrogens with zero attached hydrogens (tertiary/aromatic N) is 1. The zero-order valence-electron chi connectivity index (χ0n) is 15.8. The van der Waals surface area contributed by atoms with Gasteiger partial charge in [0.05, 0.1) is 7.11 Å². The number of carbonyl (C=O) groups excluding carboxylic acids is 1. The van der Waals surface area contributed by atoms with E-state index in [1.54, 1.807) is 14.0 Å². The first-order valence-corrected chi connectivity index (χ1v) is 9.33. The van der Waals surface area contributed by atoms with Gasteiger partial charge < -0.3 is 19.7 Å². The van der Waals surface area contributed by atoms with Crippen molar-refractivity contribution in [3.63, 3.8) is 0 Å². The van der Waals surface area contributed by atoms with Gasteiger partial charge in [-0.2, -0.15) is 0 Å². The van der Waals surface area contributed by atoms with Crippen molar-refractivity contribution in [2.45, 2.75) is 31.8 Å². The van der Waals surface area contributed by atoms with Crippen molar-refractivity contribution < 1.29 is 19.4 Å². The molecular weight excluding hydrogens is 356 g/mol. The van der Waals surface area contributed by atoms with Crippen molar-refractivity contribution >= 4 is 22.8 Å². The maximum atomic E-state index is 12.9. The highest BCUT2D eigenvalue weighted by Crippen LogP contribution is 2.43. The number of carboxylic acids is 1. The van der Waals surface area contributed by atoms with Crippen molar-refractivity contribution in [2.75, 3.05) is 7.11 Å². The summed E-state index contributed by atoms with van der Waals surface area (Å²) in [7, 11) is 1.58. The summed E-state index contributed by atoms with van der Waals surface area (Å²) in [6, 6.07) is 13.8. The summed E-state index contributed by atoms with van der Waals surface area (Å²) < 4.78 is 5.55. The second-order valence-electron chi connectivity index (χ2n) is 6.92. The average molecular weight is 378 g/mol. The number of fused-ring (bicyclic) bond motifs is 3. The molecule has 2 heterocycles. The molecule has 0 radical (unpaired) electrons. The number of para-hydroxylation sites is 2. The zero-order chi connectivity index (χ0) is 19.8. The van der Waals surface area contributed by atoms with Gasteiger partial charge in [0, 0.05) is 35.0 Å². The van der Waals surface area contributed by atoms with Crippen LogP contribution in [0.15, 0.2) is 48.5 Å². The summed E-state index contributed by atoms with van der Waals surface area (Å²) in [5, 5.41) is 10.9. The monoisotopic (exact) mass is 378 g/mol. The largest absolute Gasteiger partial charge is 0.496 e. The van der Waals surface area contributed by atoms with Crippen molar-refractivity contribution in [3.8, 4) is 5.75 Å². The number of benzene rings is 2. The lowest BCUT2D eigenvalue weighted by molar-refractivity contribution is -0.152. The Hall–Kier alpha value is -3.28. The van der Waals surface area contributed by atoms with Crippen LogP contribution < -0.4 is 4.74 Å². The Morgan fingerprint density at radius 1 is 1.18 bits per heavy atom. The molecule has 0 aliphatic carbocycles. The Labute approximate surface area is 162 Å². The molecule has 1 aromatic heterocycles. The Bertz CT molecular complexity index is 1060. The van der Waals surface area contributed by atoms with Crippen LogP contribution in [0.5, 0.6) is 5.75 Å². The molecular formula is C22H22N2O4. The molecule has 1 aliphatic rings. The Kier molecular flexibility index (Phi) is 4.55. The molecule has 6 heteroatoms. The first kappa shape index (κ1) is 18.1. The first-order valence-electron chi connectivity index (χ1n) is 9.33. The molecule has 0 saturated carbocycles. The molecule has 0 bridgehead atoms. The van der Waals surface area contributed by atoms with Gasteiger partial charge in [-0.3, -0.25) is 4.79 Å². The number of aliphatic carboxylic acids is 1. The van der Waals surface area contributed by atoms with Gasteiger partial charge in [0.2, 0.25) is 5.91 Å². The van der Waals surface area contributed by atoms with E-state index in [4.69, 9.17) is 4.74 Å². The van der Waals surface area contributed by atoms with Crippen molar-refractivity contribution in [2.24, 2.45) is 0 Å². The molecule has 6 nitrogen and oxygen atoms in total. The number of carbonyl (C=O) groups is 2. The maximum Gasteiger partial charge on any atom is 0.326 e. The van der Waals surface area contributed by atoms with Gasteiger partial charge >= 0.3 is 5.97 Å². The van der Waals surface area contributed by atoms with Crippen LogP contribution in [0.2, 0.25) is 0 Å². The van der Waals surface area contributed by atoms with Gasteiger partial charge in [-0.05, 0) is 17.7 Å². The fraction of sp³-hybridized carbons (Fsp3) is 0.273.